The number of piperidine rings is 1. The predicted molar refractivity (Wildman–Crippen MR) is 137 cm³/mol. The smallest absolute Gasteiger partial charge is 0.410 e. The molecule has 0 aliphatic carbocycles. The highest BCUT2D eigenvalue weighted by Gasteiger charge is 2.34. The molecule has 10 nitrogen and oxygen atoms in total. The van der Waals surface area contributed by atoms with Crippen molar-refractivity contribution in [2.24, 2.45) is 0 Å². The number of halogens is 1. The molecular weight excluding hydrogens is 506 g/mol. The Hall–Kier alpha value is -2.89. The third kappa shape index (κ3) is 5.42. The minimum atomic E-state index is -3.91. The van der Waals surface area contributed by atoms with Crippen LogP contribution < -0.4 is 5.32 Å². The number of likely N-dealkylation sites (tertiary alicyclic amines) is 1. The van der Waals surface area contributed by atoms with E-state index in [-0.39, 0.29) is 41.1 Å². The zero-order valence-electron chi connectivity index (χ0n) is 20.6. The summed E-state index contributed by atoms with van der Waals surface area (Å²) >= 11 is 6.20. The highest BCUT2D eigenvalue weighted by Crippen LogP contribution is 2.29. The van der Waals surface area contributed by atoms with E-state index in [0.717, 1.165) is 9.54 Å². The Morgan fingerprint density at radius 3 is 2.53 bits per heavy atom. The van der Waals surface area contributed by atoms with Gasteiger partial charge in [0.1, 0.15) is 11.4 Å². The Kier molecular flexibility index (Phi) is 7.18. The van der Waals surface area contributed by atoms with Crippen molar-refractivity contribution >= 4 is 44.6 Å². The lowest BCUT2D eigenvalue weighted by atomic mass is 9.99. The average Bonchev–Trinajstić information content (AvgIpc) is 3.23. The molecule has 3 heterocycles. The van der Waals surface area contributed by atoms with Gasteiger partial charge < -0.3 is 20.1 Å². The van der Waals surface area contributed by atoms with Crippen LogP contribution in [0.1, 0.15) is 39.2 Å². The zero-order chi connectivity index (χ0) is 26.3. The van der Waals surface area contributed by atoms with Crippen molar-refractivity contribution in [2.75, 3.05) is 18.5 Å². The number of carbonyl (C=O) groups excluding carboxylic acids is 1. The van der Waals surface area contributed by atoms with Crippen LogP contribution in [0.2, 0.25) is 5.28 Å². The van der Waals surface area contributed by atoms with Crippen LogP contribution in [0, 0.1) is 6.92 Å². The average molecular weight is 536 g/mol. The van der Waals surface area contributed by atoms with Gasteiger partial charge in [-0.15, -0.1) is 0 Å². The van der Waals surface area contributed by atoms with Gasteiger partial charge in [-0.1, -0.05) is 17.7 Å². The molecule has 1 aliphatic heterocycles. The van der Waals surface area contributed by atoms with Crippen LogP contribution in [-0.4, -0.2) is 69.3 Å². The number of aliphatic hydroxyl groups excluding tert-OH is 1. The van der Waals surface area contributed by atoms with Gasteiger partial charge in [0, 0.05) is 18.8 Å². The van der Waals surface area contributed by atoms with Gasteiger partial charge in [0.2, 0.25) is 5.28 Å². The summed E-state index contributed by atoms with van der Waals surface area (Å²) in [6, 6.07) is 7.58. The maximum atomic E-state index is 13.3. The largest absolute Gasteiger partial charge is 0.444 e. The van der Waals surface area contributed by atoms with E-state index < -0.39 is 21.7 Å². The van der Waals surface area contributed by atoms with E-state index in [4.69, 9.17) is 16.3 Å². The number of hydrogen-bond acceptors (Lipinski definition) is 8. The van der Waals surface area contributed by atoms with Crippen molar-refractivity contribution < 1.29 is 23.1 Å². The molecule has 1 saturated heterocycles. The summed E-state index contributed by atoms with van der Waals surface area (Å²) in [6.07, 6.45) is 2.12. The lowest BCUT2D eigenvalue weighted by Crippen LogP contribution is -2.53. The number of aryl methyl sites for hydroxylation is 1. The standard InChI is InChI=1S/C24H30ClN5O5S/c1-15-5-9-18(10-6-15)36(33,34)30-12-11-19-20(27-22(25)28-21(19)30)26-16-7-8-17(14-31)29(13-16)23(32)35-24(2,3)4/h5-6,9-12,16-17,31H,7-8,13-14H2,1-4H3,(H,26,27,28). The molecule has 3 aromatic rings. The first-order valence-electron chi connectivity index (χ1n) is 11.6. The molecule has 1 aliphatic rings. The van der Waals surface area contributed by atoms with Crippen LogP contribution in [0.15, 0.2) is 41.4 Å². The maximum absolute atomic E-state index is 13.3. The van der Waals surface area contributed by atoms with Crippen LogP contribution >= 0.6 is 11.6 Å². The molecule has 1 amide bonds. The Morgan fingerprint density at radius 2 is 1.89 bits per heavy atom. The number of anilines is 1. The summed E-state index contributed by atoms with van der Waals surface area (Å²) in [6.45, 7) is 7.33. The summed E-state index contributed by atoms with van der Waals surface area (Å²) in [4.78, 5) is 22.9. The Morgan fingerprint density at radius 1 is 1.19 bits per heavy atom. The third-order valence-electron chi connectivity index (χ3n) is 5.95. The summed E-state index contributed by atoms with van der Waals surface area (Å²) in [5, 5.41) is 13.4. The van der Waals surface area contributed by atoms with E-state index in [0.29, 0.717) is 24.0 Å². The van der Waals surface area contributed by atoms with Crippen molar-refractivity contribution in [3.63, 3.8) is 0 Å². The summed E-state index contributed by atoms with van der Waals surface area (Å²) in [7, 11) is -3.91. The van der Waals surface area contributed by atoms with Crippen LogP contribution in [0.25, 0.3) is 11.0 Å². The number of hydrogen-bond donors (Lipinski definition) is 2. The van der Waals surface area contributed by atoms with Crippen molar-refractivity contribution in [3.8, 4) is 0 Å². The Balaban J connectivity index is 1.63. The highest BCUT2D eigenvalue weighted by atomic mass is 35.5. The molecule has 1 fully saturated rings. The van der Waals surface area contributed by atoms with E-state index in [1.165, 1.54) is 11.1 Å². The molecule has 0 spiro atoms. The van der Waals surface area contributed by atoms with Crippen molar-refractivity contribution in [1.82, 2.24) is 18.8 Å². The summed E-state index contributed by atoms with van der Waals surface area (Å²) in [5.74, 6) is 0.361. The molecule has 1 aromatic carbocycles. The van der Waals surface area contributed by atoms with E-state index in [9.17, 15) is 18.3 Å². The molecule has 12 heteroatoms. The molecule has 0 radical (unpaired) electrons. The molecule has 4 rings (SSSR count). The molecule has 2 unspecified atom stereocenters. The SMILES string of the molecule is Cc1ccc(S(=O)(=O)n2ccc3c(NC4CCC(CO)N(C(=O)OC(C)(C)C)C4)nc(Cl)nc32)cc1. The number of ether oxygens (including phenoxy) is 1. The van der Waals surface area contributed by atoms with Crippen LogP contribution in [-0.2, 0) is 14.8 Å². The van der Waals surface area contributed by atoms with Crippen LogP contribution in [0.3, 0.4) is 0 Å². The molecule has 36 heavy (non-hydrogen) atoms. The number of aliphatic hydroxyl groups is 1. The van der Waals surface area contributed by atoms with E-state index in [1.54, 1.807) is 51.1 Å². The second-order valence-electron chi connectivity index (χ2n) is 9.90. The van der Waals surface area contributed by atoms with Gasteiger partial charge in [-0.2, -0.15) is 4.98 Å². The lowest BCUT2D eigenvalue weighted by molar-refractivity contribution is 0.000288. The number of nitrogens with zero attached hydrogens (tertiary/aromatic N) is 4. The van der Waals surface area contributed by atoms with Crippen molar-refractivity contribution in [1.29, 1.82) is 0 Å². The number of benzene rings is 1. The lowest BCUT2D eigenvalue weighted by Gasteiger charge is -2.39. The Labute approximate surface area is 215 Å². The second-order valence-corrected chi connectivity index (χ2v) is 12.0. The topological polar surface area (TPSA) is 127 Å². The number of carbonyl (C=O) groups is 1. The van der Waals surface area contributed by atoms with Crippen LogP contribution in [0.4, 0.5) is 10.6 Å². The molecule has 194 valence electrons. The van der Waals surface area contributed by atoms with E-state index >= 15 is 0 Å². The summed E-state index contributed by atoms with van der Waals surface area (Å²) < 4.78 is 33.2. The fourth-order valence-electron chi connectivity index (χ4n) is 4.17. The second kappa shape index (κ2) is 9.87. The van der Waals surface area contributed by atoms with E-state index in [1.807, 2.05) is 6.92 Å². The minimum absolute atomic E-state index is 0.114. The molecule has 2 atom stereocenters. The number of nitrogens with one attached hydrogen (secondary N) is 1. The first-order valence-corrected chi connectivity index (χ1v) is 13.4. The van der Waals surface area contributed by atoms with Crippen LogP contribution in [0.5, 0.6) is 0 Å². The van der Waals surface area contributed by atoms with Gasteiger partial charge >= 0.3 is 6.09 Å². The molecule has 0 bridgehead atoms. The first kappa shape index (κ1) is 26.2. The quantitative estimate of drug-likeness (QED) is 0.472. The number of fused-ring (bicyclic) bond motifs is 1. The number of amides is 1. The van der Waals surface area contributed by atoms with Gasteiger partial charge in [0.25, 0.3) is 10.0 Å². The number of aromatic nitrogens is 3. The monoisotopic (exact) mass is 535 g/mol. The number of rotatable bonds is 5. The van der Waals surface area contributed by atoms with Gasteiger partial charge in [-0.25, -0.2) is 22.2 Å². The summed E-state index contributed by atoms with van der Waals surface area (Å²) in [5.41, 5.74) is 0.418. The molecule has 2 N–H and O–H groups in total. The van der Waals surface area contributed by atoms with Gasteiger partial charge in [-0.05, 0) is 70.3 Å². The van der Waals surface area contributed by atoms with Gasteiger partial charge in [-0.3, -0.25) is 0 Å². The maximum Gasteiger partial charge on any atom is 0.410 e. The van der Waals surface area contributed by atoms with Crippen molar-refractivity contribution in [3.05, 3.63) is 47.4 Å². The predicted octanol–water partition coefficient (Wildman–Crippen LogP) is 3.80. The molecule has 2 aromatic heterocycles. The molecular formula is C24H30ClN5O5S. The zero-order valence-corrected chi connectivity index (χ0v) is 22.2. The fourth-order valence-corrected chi connectivity index (χ4v) is 5.63. The highest BCUT2D eigenvalue weighted by molar-refractivity contribution is 7.90. The normalized spacial score (nSPS) is 18.9. The van der Waals surface area contributed by atoms with Crippen molar-refractivity contribution in [2.45, 2.75) is 63.1 Å². The fraction of sp³-hybridized carbons (Fsp3) is 0.458. The van der Waals surface area contributed by atoms with Gasteiger partial charge in [0.05, 0.1) is 22.9 Å². The van der Waals surface area contributed by atoms with E-state index in [2.05, 4.69) is 15.3 Å². The Bertz CT molecular complexity index is 1370. The van der Waals surface area contributed by atoms with Gasteiger partial charge in [0.15, 0.2) is 5.65 Å². The molecule has 0 saturated carbocycles. The first-order chi connectivity index (χ1) is 16.9. The third-order valence-corrected chi connectivity index (χ3v) is 7.80. The minimum Gasteiger partial charge on any atom is -0.444 e.